The molecule has 0 atom stereocenters. The predicted octanol–water partition coefficient (Wildman–Crippen LogP) is 3.37. The molecule has 0 radical (unpaired) electrons. The lowest BCUT2D eigenvalue weighted by Gasteiger charge is -2.26. The minimum atomic E-state index is -0.611. The number of nitrogen functional groups attached to an aromatic ring is 8. The predicted molar refractivity (Wildman–Crippen MR) is 335 cm³/mol. The minimum absolute atomic E-state index is 0. The highest BCUT2D eigenvalue weighted by atomic mass is 32.2. The first-order valence-electron chi connectivity index (χ1n) is 23.4. The normalized spacial score (nSPS) is 10.4. The average molecular weight is 1200 g/mol. The number of aromatic nitrogens is 12. The van der Waals surface area contributed by atoms with Crippen LogP contribution in [0.1, 0.15) is 11.1 Å². The van der Waals surface area contributed by atoms with Gasteiger partial charge in [0.05, 0.1) is 0 Å². The summed E-state index contributed by atoms with van der Waals surface area (Å²) in [5.41, 5.74) is 59.8. The largest absolute Gasteiger partial charge is 0.412 e. The highest BCUT2D eigenvalue weighted by molar-refractivity contribution is 7.84. The summed E-state index contributed by atoms with van der Waals surface area (Å²) in [5, 5.41) is 0. The quantitative estimate of drug-likeness (QED) is 0.108. The van der Waals surface area contributed by atoms with E-state index in [0.29, 0.717) is 45.6 Å². The van der Waals surface area contributed by atoms with Crippen LogP contribution < -0.4 is 45.9 Å². The molecular weight excluding hydrogens is 1130 g/mol. The Balaban J connectivity index is 0.000000872. The second-order valence-corrected chi connectivity index (χ2v) is 23.5. The Hall–Kier alpha value is -8.94. The standard InChI is InChI=1S/C44H38N20.4C2H6OS.2H2O/c1-19-29(21-3-11-25(12-4-21)33-53-37(45)61-38(46)54-33)31(23-7-15-27(16-8-23)35-57-41(49)63-42(50)58-35)20(2)32(24-9-17-28(18-10-24)36-59-43(51)64-44(52)60-36)30(19)22-5-13-26(14-6-22)34-55-39(47)62-40(48)56-34;4*1-4(2)3;;/h3-18H,1-2H3,(H4,45,46,53,54,61)(H4,47,48,55,56,62)(H4,49,50,57,58,63)(H4,51,52,59,60,64);4*1-2H3;2*1H2. The first-order chi connectivity index (χ1) is 37.7. The van der Waals surface area contributed by atoms with Crippen LogP contribution in [-0.4, -0.2) is 138 Å². The molecule has 26 nitrogen and oxygen atoms in total. The van der Waals surface area contributed by atoms with Gasteiger partial charge in [-0.25, -0.2) is 0 Å². The molecule has 4 heterocycles. The lowest BCUT2D eigenvalue weighted by molar-refractivity contribution is 0.689. The van der Waals surface area contributed by atoms with Gasteiger partial charge in [0, 0.05) is 115 Å². The van der Waals surface area contributed by atoms with Crippen molar-refractivity contribution in [1.82, 2.24) is 59.8 Å². The molecule has 82 heavy (non-hydrogen) atoms. The van der Waals surface area contributed by atoms with Gasteiger partial charge >= 0.3 is 0 Å². The fourth-order valence-electron chi connectivity index (χ4n) is 7.74. The number of nitrogens with zero attached hydrogens (tertiary/aromatic N) is 12. The number of hydrogen-bond donors (Lipinski definition) is 8. The van der Waals surface area contributed by atoms with Crippen molar-refractivity contribution in [3.63, 3.8) is 0 Å². The van der Waals surface area contributed by atoms with E-state index in [0.717, 1.165) is 55.6 Å². The van der Waals surface area contributed by atoms with E-state index < -0.39 is 43.2 Å². The summed E-state index contributed by atoms with van der Waals surface area (Å²) < 4.78 is 38.2. The summed E-state index contributed by atoms with van der Waals surface area (Å²) in [7, 11) is -2.44. The van der Waals surface area contributed by atoms with Gasteiger partial charge in [-0.15, -0.1) is 0 Å². The molecule has 0 spiro atoms. The zero-order valence-corrected chi connectivity index (χ0v) is 49.8. The Morgan fingerprint density at radius 3 is 0.476 bits per heavy atom. The highest BCUT2D eigenvalue weighted by Gasteiger charge is 2.25. The molecule has 0 fully saturated rings. The van der Waals surface area contributed by atoms with Crippen LogP contribution in [0.15, 0.2) is 97.1 Å². The Labute approximate surface area is 483 Å². The first-order valence-corrected chi connectivity index (χ1v) is 31.3. The van der Waals surface area contributed by atoms with Gasteiger partial charge in [0.1, 0.15) is 0 Å². The molecule has 0 unspecified atom stereocenters. The monoisotopic (exact) mass is 1190 g/mol. The van der Waals surface area contributed by atoms with Crippen LogP contribution in [0.3, 0.4) is 0 Å². The van der Waals surface area contributed by atoms with Crippen molar-refractivity contribution >= 4 is 90.8 Å². The summed E-state index contributed by atoms with van der Waals surface area (Å²) in [6.07, 6.45) is 13.1. The van der Waals surface area contributed by atoms with Crippen LogP contribution in [0.5, 0.6) is 0 Å². The zero-order valence-electron chi connectivity index (χ0n) is 46.5. The van der Waals surface area contributed by atoms with E-state index in [4.69, 9.17) is 45.9 Å². The number of anilines is 8. The van der Waals surface area contributed by atoms with Crippen LogP contribution >= 0.6 is 0 Å². The second-order valence-electron chi connectivity index (χ2n) is 17.5. The Morgan fingerprint density at radius 1 is 0.244 bits per heavy atom. The van der Waals surface area contributed by atoms with Crippen molar-refractivity contribution in [2.45, 2.75) is 13.8 Å². The molecule has 9 rings (SSSR count). The van der Waals surface area contributed by atoms with Gasteiger partial charge in [-0.2, -0.15) is 59.8 Å². The van der Waals surface area contributed by atoms with Crippen molar-refractivity contribution in [2.75, 3.05) is 95.9 Å². The Kier molecular flexibility index (Phi) is 25.1. The Bertz CT molecular complexity index is 3160. The molecule has 0 saturated carbocycles. The van der Waals surface area contributed by atoms with E-state index >= 15 is 0 Å². The van der Waals surface area contributed by atoms with Crippen LogP contribution in [-0.2, 0) is 43.2 Å². The molecule has 20 N–H and O–H groups in total. The molecule has 434 valence electrons. The van der Waals surface area contributed by atoms with Crippen molar-refractivity contribution in [2.24, 2.45) is 0 Å². The topological polar surface area (TPSA) is 494 Å². The number of hydrogen-bond acceptors (Lipinski definition) is 24. The minimum Gasteiger partial charge on any atom is -0.412 e. The van der Waals surface area contributed by atoms with Crippen molar-refractivity contribution < 1.29 is 27.8 Å². The molecule has 0 bridgehead atoms. The van der Waals surface area contributed by atoms with Gasteiger partial charge in [-0.1, -0.05) is 97.1 Å². The fourth-order valence-corrected chi connectivity index (χ4v) is 7.74. The van der Waals surface area contributed by atoms with Gasteiger partial charge in [-0.3, -0.25) is 16.8 Å². The maximum atomic E-state index is 9.56. The van der Waals surface area contributed by atoms with Gasteiger partial charge in [-0.05, 0) is 69.5 Å². The molecular formula is C52H66N20O6S4. The van der Waals surface area contributed by atoms with E-state index in [-0.39, 0.29) is 58.5 Å². The van der Waals surface area contributed by atoms with Gasteiger partial charge in [0.2, 0.25) is 47.6 Å². The fraction of sp³-hybridized carbons (Fsp3) is 0.192. The third-order valence-electron chi connectivity index (χ3n) is 10.4. The maximum absolute atomic E-state index is 9.56. The molecule has 30 heteroatoms. The van der Waals surface area contributed by atoms with Gasteiger partial charge in [0.25, 0.3) is 0 Å². The molecule has 0 amide bonds. The lowest BCUT2D eigenvalue weighted by atomic mass is 9.78. The zero-order chi connectivity index (χ0) is 59.1. The molecule has 9 aromatic rings. The van der Waals surface area contributed by atoms with Crippen LogP contribution in [0.2, 0.25) is 0 Å². The number of benzene rings is 5. The SMILES string of the molecule is CS(C)=O.CS(C)=O.CS(C)=O.CS(C)=O.Cc1c(-c2ccc(-c3nc(N)nc(N)n3)cc2)c(-c2ccc(-c3nc(N)nc(N)n3)cc2)c(C)c(-c2ccc(-c3nc(N)nc(N)n3)cc2)c1-c1ccc(-c2nc(N)nc(N)n2)cc1.O.O. The molecule has 0 aliphatic rings. The van der Waals surface area contributed by atoms with E-state index in [1.54, 1.807) is 50.0 Å². The summed E-state index contributed by atoms with van der Waals surface area (Å²) in [4.78, 5) is 50.2. The van der Waals surface area contributed by atoms with Gasteiger partial charge in [0.15, 0.2) is 23.3 Å². The smallest absolute Gasteiger partial charge is 0.225 e. The summed E-state index contributed by atoms with van der Waals surface area (Å²) in [6, 6.07) is 31.5. The summed E-state index contributed by atoms with van der Waals surface area (Å²) >= 11 is 0. The number of nitrogens with two attached hydrogens (primary N) is 8. The average Bonchev–Trinajstić information content (AvgIpc) is 3.54. The third-order valence-corrected chi connectivity index (χ3v) is 10.4. The van der Waals surface area contributed by atoms with Crippen LogP contribution in [0, 0.1) is 13.8 Å². The van der Waals surface area contributed by atoms with E-state index in [1.807, 2.05) is 97.1 Å². The second kappa shape index (κ2) is 30.6. The lowest BCUT2D eigenvalue weighted by Crippen LogP contribution is -2.05. The molecule has 4 aromatic heterocycles. The molecule has 0 aliphatic heterocycles. The molecule has 0 aliphatic carbocycles. The summed E-state index contributed by atoms with van der Waals surface area (Å²) in [5.74, 6) is 1.58. The highest BCUT2D eigenvalue weighted by Crippen LogP contribution is 2.49. The maximum Gasteiger partial charge on any atom is 0.225 e. The Morgan fingerprint density at radius 2 is 0.354 bits per heavy atom. The van der Waals surface area contributed by atoms with Crippen molar-refractivity contribution in [1.29, 1.82) is 0 Å². The van der Waals surface area contributed by atoms with E-state index in [1.165, 1.54) is 0 Å². The van der Waals surface area contributed by atoms with Crippen LogP contribution in [0.4, 0.5) is 47.6 Å². The van der Waals surface area contributed by atoms with Crippen LogP contribution in [0.25, 0.3) is 90.1 Å². The molecule has 0 saturated heterocycles. The number of rotatable bonds is 8. The van der Waals surface area contributed by atoms with Crippen molar-refractivity contribution in [3.05, 3.63) is 108 Å². The van der Waals surface area contributed by atoms with Gasteiger partial charge < -0.3 is 56.8 Å². The first kappa shape index (κ1) is 67.3. The third kappa shape index (κ3) is 19.1. The summed E-state index contributed by atoms with van der Waals surface area (Å²) in [6.45, 7) is 4.21. The molecule has 5 aromatic carbocycles. The van der Waals surface area contributed by atoms with Crippen molar-refractivity contribution in [3.8, 4) is 90.1 Å². The van der Waals surface area contributed by atoms with E-state index in [9.17, 15) is 16.8 Å². The van der Waals surface area contributed by atoms with E-state index in [2.05, 4.69) is 73.7 Å².